The lowest BCUT2D eigenvalue weighted by Crippen LogP contribution is -2.15. The summed E-state index contributed by atoms with van der Waals surface area (Å²) in [4.78, 5) is 8.98. The van der Waals surface area contributed by atoms with Gasteiger partial charge in [-0.25, -0.2) is 4.98 Å². The van der Waals surface area contributed by atoms with Crippen LogP contribution in [0.25, 0.3) is 0 Å². The Kier molecular flexibility index (Phi) is 5.03. The van der Waals surface area contributed by atoms with Gasteiger partial charge in [-0.2, -0.15) is 4.98 Å². The molecule has 0 fully saturated rings. The van der Waals surface area contributed by atoms with Crippen LogP contribution in [-0.4, -0.2) is 29.7 Å². The Morgan fingerprint density at radius 3 is 2.67 bits per heavy atom. The summed E-state index contributed by atoms with van der Waals surface area (Å²) < 4.78 is 11.1. The fourth-order valence-electron chi connectivity index (χ4n) is 2.45. The molecule has 0 radical (unpaired) electrons. The summed E-state index contributed by atoms with van der Waals surface area (Å²) in [5, 5.41) is 6.59. The minimum Gasteiger partial charge on any atom is -0.486 e. The molecule has 0 spiro atoms. The average molecular weight is 328 g/mol. The van der Waals surface area contributed by atoms with E-state index in [4.69, 9.17) is 9.47 Å². The second kappa shape index (κ2) is 7.38. The van der Waals surface area contributed by atoms with Crippen LogP contribution in [0.2, 0.25) is 0 Å². The van der Waals surface area contributed by atoms with E-state index in [1.165, 1.54) is 0 Å². The van der Waals surface area contributed by atoms with Crippen molar-refractivity contribution in [2.75, 3.05) is 30.4 Å². The summed E-state index contributed by atoms with van der Waals surface area (Å²) >= 11 is 0. The molecule has 128 valence electrons. The molecule has 0 atom stereocenters. The van der Waals surface area contributed by atoms with Crippen LogP contribution in [0.1, 0.15) is 26.0 Å². The number of rotatable bonds is 6. The van der Waals surface area contributed by atoms with E-state index in [2.05, 4.69) is 34.4 Å². The summed E-state index contributed by atoms with van der Waals surface area (Å²) in [5.74, 6) is 3.58. The minimum absolute atomic E-state index is 0.568. The topological polar surface area (TPSA) is 68.3 Å². The van der Waals surface area contributed by atoms with Gasteiger partial charge in [0.1, 0.15) is 19.0 Å². The predicted octanol–water partition coefficient (Wildman–Crippen LogP) is 3.76. The van der Waals surface area contributed by atoms with Crippen LogP contribution < -0.4 is 20.1 Å². The van der Waals surface area contributed by atoms with Crippen LogP contribution in [0.15, 0.2) is 24.3 Å². The van der Waals surface area contributed by atoms with Crippen molar-refractivity contribution in [1.82, 2.24) is 9.97 Å². The predicted molar refractivity (Wildman–Crippen MR) is 95.4 cm³/mol. The monoisotopic (exact) mass is 328 g/mol. The van der Waals surface area contributed by atoms with Crippen molar-refractivity contribution < 1.29 is 9.47 Å². The number of benzene rings is 1. The van der Waals surface area contributed by atoms with E-state index in [1.807, 2.05) is 31.2 Å². The van der Waals surface area contributed by atoms with Crippen molar-refractivity contribution in [3.8, 4) is 11.5 Å². The molecule has 0 bridgehead atoms. The highest BCUT2D eigenvalue weighted by molar-refractivity contribution is 5.61. The standard InChI is InChI=1S/C18H24N4O2/c1-12(2)6-7-19-17-10-13(3)20-18(22-17)21-14-4-5-15-16(11-14)24-9-8-23-15/h4-5,10-12H,6-9H2,1-3H3,(H2,19,20,21,22). The number of aryl methyl sites for hydroxylation is 1. The normalized spacial score (nSPS) is 13.0. The molecule has 2 aromatic rings. The summed E-state index contributed by atoms with van der Waals surface area (Å²) in [6.45, 7) is 8.44. The van der Waals surface area contributed by atoms with E-state index >= 15 is 0 Å². The SMILES string of the molecule is Cc1cc(NCCC(C)C)nc(Nc2ccc3c(c2)OCCO3)n1. The molecule has 1 aliphatic rings. The van der Waals surface area contributed by atoms with Gasteiger partial charge < -0.3 is 20.1 Å². The van der Waals surface area contributed by atoms with Gasteiger partial charge in [-0.3, -0.25) is 0 Å². The van der Waals surface area contributed by atoms with Crippen molar-refractivity contribution in [2.24, 2.45) is 5.92 Å². The van der Waals surface area contributed by atoms with E-state index in [9.17, 15) is 0 Å². The summed E-state index contributed by atoms with van der Waals surface area (Å²) in [7, 11) is 0. The number of anilines is 3. The molecule has 2 heterocycles. The van der Waals surface area contributed by atoms with Gasteiger partial charge in [0.2, 0.25) is 5.95 Å². The van der Waals surface area contributed by atoms with E-state index < -0.39 is 0 Å². The lowest BCUT2D eigenvalue weighted by Gasteiger charge is -2.19. The molecular weight excluding hydrogens is 304 g/mol. The summed E-state index contributed by atoms with van der Waals surface area (Å²) in [6, 6.07) is 7.70. The molecule has 0 saturated heterocycles. The number of fused-ring (bicyclic) bond motifs is 1. The Balaban J connectivity index is 1.71. The van der Waals surface area contributed by atoms with Crippen LogP contribution in [0.5, 0.6) is 11.5 Å². The Bertz CT molecular complexity index is 703. The molecule has 24 heavy (non-hydrogen) atoms. The lowest BCUT2D eigenvalue weighted by molar-refractivity contribution is 0.171. The van der Waals surface area contributed by atoms with Crippen molar-refractivity contribution in [3.05, 3.63) is 30.0 Å². The number of aromatic nitrogens is 2. The smallest absolute Gasteiger partial charge is 0.229 e. The first-order chi connectivity index (χ1) is 11.6. The van der Waals surface area contributed by atoms with Crippen molar-refractivity contribution >= 4 is 17.5 Å². The third kappa shape index (κ3) is 4.28. The third-order valence-electron chi connectivity index (χ3n) is 3.68. The highest BCUT2D eigenvalue weighted by Crippen LogP contribution is 2.33. The van der Waals surface area contributed by atoms with E-state index in [0.717, 1.165) is 41.7 Å². The van der Waals surface area contributed by atoms with Gasteiger partial charge in [-0.05, 0) is 31.4 Å². The molecular formula is C18H24N4O2. The first-order valence-corrected chi connectivity index (χ1v) is 8.36. The molecule has 6 heteroatoms. The zero-order chi connectivity index (χ0) is 16.9. The molecule has 1 aromatic heterocycles. The van der Waals surface area contributed by atoms with Gasteiger partial charge in [0.05, 0.1) is 0 Å². The lowest BCUT2D eigenvalue weighted by atomic mass is 10.1. The highest BCUT2D eigenvalue weighted by atomic mass is 16.6. The number of ether oxygens (including phenoxy) is 2. The Morgan fingerprint density at radius 1 is 1.08 bits per heavy atom. The maximum absolute atomic E-state index is 5.61. The summed E-state index contributed by atoms with van der Waals surface area (Å²) in [6.07, 6.45) is 1.11. The first kappa shape index (κ1) is 16.4. The zero-order valence-corrected chi connectivity index (χ0v) is 14.4. The van der Waals surface area contributed by atoms with E-state index in [1.54, 1.807) is 0 Å². The van der Waals surface area contributed by atoms with E-state index in [-0.39, 0.29) is 0 Å². The molecule has 0 unspecified atom stereocenters. The maximum Gasteiger partial charge on any atom is 0.229 e. The number of hydrogen-bond donors (Lipinski definition) is 2. The highest BCUT2D eigenvalue weighted by Gasteiger charge is 2.12. The van der Waals surface area contributed by atoms with E-state index in [0.29, 0.717) is 25.1 Å². The van der Waals surface area contributed by atoms with Crippen LogP contribution in [0.3, 0.4) is 0 Å². The van der Waals surface area contributed by atoms with Crippen molar-refractivity contribution in [3.63, 3.8) is 0 Å². The second-order valence-corrected chi connectivity index (χ2v) is 6.31. The Morgan fingerprint density at radius 2 is 1.88 bits per heavy atom. The minimum atomic E-state index is 0.568. The molecule has 0 amide bonds. The fourth-order valence-corrected chi connectivity index (χ4v) is 2.45. The van der Waals surface area contributed by atoms with Crippen molar-refractivity contribution in [2.45, 2.75) is 27.2 Å². The van der Waals surface area contributed by atoms with Gasteiger partial charge >= 0.3 is 0 Å². The molecule has 3 rings (SSSR count). The van der Waals surface area contributed by atoms with Gasteiger partial charge in [-0.1, -0.05) is 13.8 Å². The van der Waals surface area contributed by atoms with Crippen LogP contribution >= 0.6 is 0 Å². The average Bonchev–Trinajstić information content (AvgIpc) is 2.54. The van der Waals surface area contributed by atoms with Crippen molar-refractivity contribution in [1.29, 1.82) is 0 Å². The van der Waals surface area contributed by atoms with Crippen LogP contribution in [0, 0.1) is 12.8 Å². The second-order valence-electron chi connectivity index (χ2n) is 6.31. The summed E-state index contributed by atoms with van der Waals surface area (Å²) in [5.41, 5.74) is 1.79. The third-order valence-corrected chi connectivity index (χ3v) is 3.68. The van der Waals surface area contributed by atoms with Gasteiger partial charge in [0, 0.05) is 30.1 Å². The quantitative estimate of drug-likeness (QED) is 0.841. The zero-order valence-electron chi connectivity index (χ0n) is 14.4. The maximum atomic E-state index is 5.61. The molecule has 0 aliphatic carbocycles. The number of nitrogens with zero attached hydrogens (tertiary/aromatic N) is 2. The first-order valence-electron chi connectivity index (χ1n) is 8.36. The molecule has 6 nitrogen and oxygen atoms in total. The van der Waals surface area contributed by atoms with Gasteiger partial charge in [0.25, 0.3) is 0 Å². The number of nitrogens with one attached hydrogen (secondary N) is 2. The van der Waals surface area contributed by atoms with Crippen LogP contribution in [0.4, 0.5) is 17.5 Å². The van der Waals surface area contributed by atoms with Gasteiger partial charge in [-0.15, -0.1) is 0 Å². The number of hydrogen-bond acceptors (Lipinski definition) is 6. The molecule has 2 N–H and O–H groups in total. The largest absolute Gasteiger partial charge is 0.486 e. The van der Waals surface area contributed by atoms with Crippen LogP contribution in [-0.2, 0) is 0 Å². The van der Waals surface area contributed by atoms with Gasteiger partial charge in [0.15, 0.2) is 11.5 Å². The molecule has 1 aliphatic heterocycles. The fraction of sp³-hybridized carbons (Fsp3) is 0.444. The molecule has 0 saturated carbocycles. The molecule has 1 aromatic carbocycles. The Hall–Kier alpha value is -2.50. The Labute approximate surface area is 142 Å².